The number of carbonyl (C=O) groups is 1. The van der Waals surface area contributed by atoms with Crippen molar-refractivity contribution >= 4 is 15.8 Å². The van der Waals surface area contributed by atoms with Gasteiger partial charge >= 0.3 is 5.97 Å². The van der Waals surface area contributed by atoms with E-state index < -0.39 is 38.3 Å². The highest BCUT2D eigenvalue weighted by Crippen LogP contribution is 2.56. The number of halogens is 1. The van der Waals surface area contributed by atoms with E-state index in [9.17, 15) is 17.6 Å². The number of sulfone groups is 1. The van der Waals surface area contributed by atoms with Gasteiger partial charge in [0.1, 0.15) is 16.6 Å². The summed E-state index contributed by atoms with van der Waals surface area (Å²) in [6.07, 6.45) is 0. The Hall–Kier alpha value is -2.25. The van der Waals surface area contributed by atoms with Crippen LogP contribution in [0.2, 0.25) is 0 Å². The third kappa shape index (κ3) is 2.91. The lowest BCUT2D eigenvalue weighted by molar-refractivity contribution is -0.145. The van der Waals surface area contributed by atoms with E-state index in [1.54, 1.807) is 19.1 Å². The molecule has 0 saturated heterocycles. The number of esters is 1. The Bertz CT molecular complexity index is 925. The summed E-state index contributed by atoms with van der Waals surface area (Å²) in [5.41, 5.74) is 5.95. The van der Waals surface area contributed by atoms with Crippen LogP contribution >= 0.6 is 0 Å². The van der Waals surface area contributed by atoms with Crippen molar-refractivity contribution < 1.29 is 22.3 Å². The molecular formula is C19H20FNO4S. The van der Waals surface area contributed by atoms with E-state index in [1.807, 2.05) is 6.92 Å². The molecule has 1 aliphatic rings. The normalized spacial score (nSPS) is 24.9. The van der Waals surface area contributed by atoms with Crippen LogP contribution in [0.15, 0.2) is 53.4 Å². The Balaban J connectivity index is 2.06. The predicted octanol–water partition coefficient (Wildman–Crippen LogP) is 2.33. The predicted molar refractivity (Wildman–Crippen MR) is 94.8 cm³/mol. The average molecular weight is 377 g/mol. The summed E-state index contributed by atoms with van der Waals surface area (Å²) in [4.78, 5) is 12.5. The molecule has 3 atom stereocenters. The van der Waals surface area contributed by atoms with E-state index in [0.717, 1.165) is 5.56 Å². The first-order valence-electron chi connectivity index (χ1n) is 8.25. The van der Waals surface area contributed by atoms with Crippen LogP contribution in [0.1, 0.15) is 24.0 Å². The van der Waals surface area contributed by atoms with Crippen molar-refractivity contribution in [3.63, 3.8) is 0 Å². The fraction of sp³-hybridized carbons (Fsp3) is 0.316. The van der Waals surface area contributed by atoms with Crippen molar-refractivity contribution in [3.8, 4) is 0 Å². The number of benzene rings is 2. The quantitative estimate of drug-likeness (QED) is 0.808. The monoisotopic (exact) mass is 377 g/mol. The average Bonchev–Trinajstić information content (AvgIpc) is 3.25. The van der Waals surface area contributed by atoms with E-state index in [4.69, 9.17) is 10.5 Å². The van der Waals surface area contributed by atoms with Crippen LogP contribution in [-0.2, 0) is 19.4 Å². The lowest BCUT2D eigenvalue weighted by Crippen LogP contribution is -2.41. The Kier molecular flexibility index (Phi) is 4.62. The van der Waals surface area contributed by atoms with Gasteiger partial charge in [-0.15, -0.1) is 0 Å². The summed E-state index contributed by atoms with van der Waals surface area (Å²) >= 11 is 0. The SMILES string of the molecule is CCOC(=O)[C@]1(N)[C@H](c2ccc(F)cc2)[C@H]1S(=O)(=O)c1ccc(C)cc1. The molecule has 3 rings (SSSR count). The van der Waals surface area contributed by atoms with Crippen molar-refractivity contribution in [2.75, 3.05) is 6.61 Å². The first-order valence-corrected chi connectivity index (χ1v) is 9.79. The Morgan fingerprint density at radius 1 is 1.15 bits per heavy atom. The minimum Gasteiger partial charge on any atom is -0.465 e. The van der Waals surface area contributed by atoms with Crippen LogP contribution in [0, 0.1) is 12.7 Å². The highest BCUT2D eigenvalue weighted by molar-refractivity contribution is 7.92. The molecular weight excluding hydrogens is 357 g/mol. The highest BCUT2D eigenvalue weighted by Gasteiger charge is 2.74. The molecule has 1 fully saturated rings. The van der Waals surface area contributed by atoms with Gasteiger partial charge in [-0.1, -0.05) is 29.8 Å². The second kappa shape index (κ2) is 6.48. The molecule has 0 radical (unpaired) electrons. The molecule has 138 valence electrons. The van der Waals surface area contributed by atoms with Gasteiger partial charge in [-0.05, 0) is 43.7 Å². The lowest BCUT2D eigenvalue weighted by Gasteiger charge is -2.11. The van der Waals surface area contributed by atoms with Crippen LogP contribution in [0.3, 0.4) is 0 Å². The van der Waals surface area contributed by atoms with E-state index in [-0.39, 0.29) is 11.5 Å². The van der Waals surface area contributed by atoms with Crippen molar-refractivity contribution in [2.24, 2.45) is 5.73 Å². The summed E-state index contributed by atoms with van der Waals surface area (Å²) in [5.74, 6) is -2.02. The van der Waals surface area contributed by atoms with Crippen LogP contribution < -0.4 is 5.73 Å². The molecule has 1 saturated carbocycles. The smallest absolute Gasteiger partial charge is 0.328 e. The van der Waals surface area contributed by atoms with Gasteiger partial charge in [-0.3, -0.25) is 0 Å². The molecule has 0 aromatic heterocycles. The molecule has 2 N–H and O–H groups in total. The molecule has 0 unspecified atom stereocenters. The second-order valence-corrected chi connectivity index (χ2v) is 8.53. The third-order valence-electron chi connectivity index (χ3n) is 4.72. The second-order valence-electron chi connectivity index (χ2n) is 6.46. The van der Waals surface area contributed by atoms with Gasteiger partial charge in [0.05, 0.1) is 11.5 Å². The zero-order valence-corrected chi connectivity index (χ0v) is 15.3. The van der Waals surface area contributed by atoms with Gasteiger partial charge in [-0.2, -0.15) is 0 Å². The summed E-state index contributed by atoms with van der Waals surface area (Å²) in [6.45, 7) is 3.56. The Labute approximate surface area is 151 Å². The number of carbonyl (C=O) groups excluding carboxylic acids is 1. The molecule has 5 nitrogen and oxygen atoms in total. The summed E-state index contributed by atoms with van der Waals surface area (Å²) < 4.78 is 44.5. The third-order valence-corrected chi connectivity index (χ3v) is 6.98. The lowest BCUT2D eigenvalue weighted by atomic mass is 10.1. The standard InChI is InChI=1S/C19H20FNO4S/c1-3-25-18(22)19(21)16(13-6-8-14(20)9-7-13)17(19)26(23,24)15-10-4-12(2)5-11-15/h4-11,16-17H,3,21H2,1-2H3/t16-,17-,19+/m1/s1. The molecule has 0 spiro atoms. The molecule has 1 aliphatic carbocycles. The van der Waals surface area contributed by atoms with E-state index in [2.05, 4.69) is 0 Å². The summed E-state index contributed by atoms with van der Waals surface area (Å²) in [7, 11) is -3.88. The topological polar surface area (TPSA) is 86.5 Å². The number of nitrogens with two attached hydrogens (primary N) is 1. The molecule has 0 aliphatic heterocycles. The molecule has 7 heteroatoms. The highest BCUT2D eigenvalue weighted by atomic mass is 32.2. The minimum atomic E-state index is -3.88. The molecule has 0 heterocycles. The minimum absolute atomic E-state index is 0.0885. The molecule has 0 bridgehead atoms. The van der Waals surface area contributed by atoms with Crippen LogP contribution in [0.25, 0.3) is 0 Å². The van der Waals surface area contributed by atoms with Crippen molar-refractivity contribution in [1.29, 1.82) is 0 Å². The van der Waals surface area contributed by atoms with Gasteiger partial charge in [0.2, 0.25) is 0 Å². The largest absolute Gasteiger partial charge is 0.465 e. The zero-order valence-electron chi connectivity index (χ0n) is 14.5. The number of rotatable bonds is 5. The first-order chi connectivity index (χ1) is 12.2. The van der Waals surface area contributed by atoms with Crippen molar-refractivity contribution in [2.45, 2.75) is 35.4 Å². The van der Waals surface area contributed by atoms with Gasteiger partial charge < -0.3 is 10.5 Å². The summed E-state index contributed by atoms with van der Waals surface area (Å²) in [6, 6.07) is 11.7. The van der Waals surface area contributed by atoms with Gasteiger partial charge in [0, 0.05) is 5.92 Å². The number of aryl methyl sites for hydroxylation is 1. The van der Waals surface area contributed by atoms with E-state index in [0.29, 0.717) is 5.56 Å². The van der Waals surface area contributed by atoms with Crippen molar-refractivity contribution in [3.05, 3.63) is 65.5 Å². The van der Waals surface area contributed by atoms with Gasteiger partial charge in [0.25, 0.3) is 0 Å². The zero-order chi connectivity index (χ0) is 19.1. The Morgan fingerprint density at radius 3 is 2.27 bits per heavy atom. The maximum absolute atomic E-state index is 13.2. The fourth-order valence-electron chi connectivity index (χ4n) is 3.30. The van der Waals surface area contributed by atoms with Crippen LogP contribution in [0.4, 0.5) is 4.39 Å². The fourth-order valence-corrected chi connectivity index (χ4v) is 5.53. The van der Waals surface area contributed by atoms with Crippen molar-refractivity contribution in [1.82, 2.24) is 0 Å². The maximum Gasteiger partial charge on any atom is 0.328 e. The van der Waals surface area contributed by atoms with Gasteiger partial charge in [-0.25, -0.2) is 17.6 Å². The van der Waals surface area contributed by atoms with Crippen LogP contribution in [-0.4, -0.2) is 31.8 Å². The summed E-state index contributed by atoms with van der Waals surface area (Å²) in [5, 5.41) is -1.16. The Morgan fingerprint density at radius 2 is 1.73 bits per heavy atom. The van der Waals surface area contributed by atoms with E-state index in [1.165, 1.54) is 36.4 Å². The molecule has 2 aromatic rings. The number of hydrogen-bond acceptors (Lipinski definition) is 5. The molecule has 2 aromatic carbocycles. The van der Waals surface area contributed by atoms with E-state index >= 15 is 0 Å². The first kappa shape index (κ1) is 18.5. The van der Waals surface area contributed by atoms with Crippen LogP contribution in [0.5, 0.6) is 0 Å². The maximum atomic E-state index is 13.2. The number of hydrogen-bond donors (Lipinski definition) is 1. The molecule has 26 heavy (non-hydrogen) atoms. The molecule has 0 amide bonds. The number of ether oxygens (including phenoxy) is 1. The van der Waals surface area contributed by atoms with Gasteiger partial charge in [0.15, 0.2) is 9.84 Å².